The van der Waals surface area contributed by atoms with Crippen LogP contribution < -0.4 is 0 Å². The third kappa shape index (κ3) is 2.92. The number of aromatic nitrogens is 4. The van der Waals surface area contributed by atoms with Gasteiger partial charge in [0, 0.05) is 48.5 Å². The van der Waals surface area contributed by atoms with Gasteiger partial charge in [-0.1, -0.05) is 6.07 Å². The zero-order chi connectivity index (χ0) is 19.1. The number of benzene rings is 1. The van der Waals surface area contributed by atoms with Gasteiger partial charge in [-0.3, -0.25) is 9.67 Å². The first-order valence-corrected chi connectivity index (χ1v) is 9.93. The maximum Gasteiger partial charge on any atom is 0.0679 e. The molecule has 1 saturated heterocycles. The van der Waals surface area contributed by atoms with Crippen LogP contribution in [0.25, 0.3) is 27.8 Å². The molecular formula is C23H25N5. The van der Waals surface area contributed by atoms with Crippen LogP contribution in [0.5, 0.6) is 0 Å². The first-order valence-electron chi connectivity index (χ1n) is 9.93. The molecule has 1 aliphatic rings. The van der Waals surface area contributed by atoms with Gasteiger partial charge >= 0.3 is 0 Å². The number of piperidine rings is 1. The summed E-state index contributed by atoms with van der Waals surface area (Å²) in [5.41, 5.74) is 6.24. The number of rotatable bonds is 3. The Kier molecular flexibility index (Phi) is 4.24. The summed E-state index contributed by atoms with van der Waals surface area (Å²) in [5.74, 6) is 0.601. The molecule has 142 valence electrons. The van der Waals surface area contributed by atoms with Crippen molar-refractivity contribution in [3.63, 3.8) is 0 Å². The van der Waals surface area contributed by atoms with Crippen molar-refractivity contribution in [3.05, 3.63) is 66.7 Å². The molecule has 0 radical (unpaired) electrons. The Morgan fingerprint density at radius 3 is 2.43 bits per heavy atom. The van der Waals surface area contributed by atoms with Gasteiger partial charge in [-0.25, -0.2) is 0 Å². The van der Waals surface area contributed by atoms with Gasteiger partial charge in [-0.15, -0.1) is 0 Å². The number of likely N-dealkylation sites (tertiary alicyclic amines) is 1. The molecule has 5 nitrogen and oxygen atoms in total. The molecule has 4 aromatic rings. The van der Waals surface area contributed by atoms with Crippen LogP contribution >= 0.6 is 0 Å². The zero-order valence-corrected chi connectivity index (χ0v) is 16.4. The summed E-state index contributed by atoms with van der Waals surface area (Å²) in [6, 6.07) is 13.0. The summed E-state index contributed by atoms with van der Waals surface area (Å²) < 4.78 is 4.26. The van der Waals surface area contributed by atoms with Crippen molar-refractivity contribution >= 4 is 10.9 Å². The molecule has 28 heavy (non-hydrogen) atoms. The summed E-state index contributed by atoms with van der Waals surface area (Å²) in [6.45, 7) is 2.32. The second kappa shape index (κ2) is 6.91. The van der Waals surface area contributed by atoms with Gasteiger partial charge < -0.3 is 9.47 Å². The molecule has 0 unspecified atom stereocenters. The number of aryl methyl sites for hydroxylation is 1. The van der Waals surface area contributed by atoms with Crippen molar-refractivity contribution in [1.29, 1.82) is 0 Å². The second-order valence-corrected chi connectivity index (χ2v) is 7.81. The van der Waals surface area contributed by atoms with Crippen molar-refractivity contribution in [2.24, 2.45) is 7.05 Å². The lowest BCUT2D eigenvalue weighted by Gasteiger charge is -2.28. The van der Waals surface area contributed by atoms with E-state index >= 15 is 0 Å². The fourth-order valence-corrected chi connectivity index (χ4v) is 4.44. The zero-order valence-electron chi connectivity index (χ0n) is 16.4. The fourth-order valence-electron chi connectivity index (χ4n) is 4.44. The van der Waals surface area contributed by atoms with E-state index < -0.39 is 0 Å². The van der Waals surface area contributed by atoms with Gasteiger partial charge in [0.25, 0.3) is 0 Å². The van der Waals surface area contributed by atoms with E-state index in [1.165, 1.54) is 34.9 Å². The highest BCUT2D eigenvalue weighted by molar-refractivity contribution is 5.90. The van der Waals surface area contributed by atoms with Crippen molar-refractivity contribution in [3.8, 4) is 16.9 Å². The van der Waals surface area contributed by atoms with Crippen molar-refractivity contribution in [2.75, 3.05) is 20.1 Å². The Bertz CT molecular complexity index is 1100. The third-order valence-corrected chi connectivity index (χ3v) is 6.05. The molecule has 0 spiro atoms. The lowest BCUT2D eigenvalue weighted by Crippen LogP contribution is -2.29. The topological polar surface area (TPSA) is 38.9 Å². The van der Waals surface area contributed by atoms with Crippen LogP contribution in [0, 0.1) is 0 Å². The predicted octanol–water partition coefficient (Wildman–Crippen LogP) is 4.24. The van der Waals surface area contributed by atoms with Crippen LogP contribution in [0.1, 0.15) is 24.3 Å². The number of hydrogen-bond donors (Lipinski definition) is 0. The van der Waals surface area contributed by atoms with E-state index in [-0.39, 0.29) is 0 Å². The van der Waals surface area contributed by atoms with E-state index in [9.17, 15) is 0 Å². The Morgan fingerprint density at radius 1 is 0.929 bits per heavy atom. The van der Waals surface area contributed by atoms with Crippen molar-refractivity contribution in [1.82, 2.24) is 24.2 Å². The molecule has 0 atom stereocenters. The minimum Gasteiger partial charge on any atom is -0.316 e. The summed E-state index contributed by atoms with van der Waals surface area (Å²) in [4.78, 5) is 6.62. The van der Waals surface area contributed by atoms with Crippen LogP contribution in [-0.2, 0) is 7.05 Å². The van der Waals surface area contributed by atoms with E-state index in [1.54, 1.807) is 0 Å². The Morgan fingerprint density at radius 2 is 1.71 bits per heavy atom. The first-order chi connectivity index (χ1) is 13.7. The molecular weight excluding hydrogens is 346 g/mol. The maximum absolute atomic E-state index is 4.35. The van der Waals surface area contributed by atoms with Crippen LogP contribution in [-0.4, -0.2) is 44.4 Å². The van der Waals surface area contributed by atoms with E-state index in [0.717, 1.165) is 24.5 Å². The summed E-state index contributed by atoms with van der Waals surface area (Å²) in [7, 11) is 4.22. The fraction of sp³-hybridized carbons (Fsp3) is 0.304. The molecule has 1 fully saturated rings. The van der Waals surface area contributed by atoms with E-state index in [1.807, 2.05) is 30.3 Å². The van der Waals surface area contributed by atoms with Gasteiger partial charge in [0.2, 0.25) is 0 Å². The molecule has 3 aromatic heterocycles. The monoisotopic (exact) mass is 371 g/mol. The number of pyridine rings is 1. The molecule has 5 heteroatoms. The highest BCUT2D eigenvalue weighted by Crippen LogP contribution is 2.37. The minimum absolute atomic E-state index is 0.601. The Labute approximate surface area is 165 Å². The highest BCUT2D eigenvalue weighted by Gasteiger charge is 2.23. The predicted molar refractivity (Wildman–Crippen MR) is 113 cm³/mol. The lowest BCUT2D eigenvalue weighted by molar-refractivity contribution is 0.256. The van der Waals surface area contributed by atoms with Crippen LogP contribution in [0.3, 0.4) is 0 Å². The molecule has 5 rings (SSSR count). The molecule has 0 saturated carbocycles. The molecule has 0 N–H and O–H groups in total. The number of fused-ring (bicyclic) bond motifs is 1. The van der Waals surface area contributed by atoms with Crippen LogP contribution in [0.4, 0.5) is 0 Å². The summed E-state index contributed by atoms with van der Waals surface area (Å²) >= 11 is 0. The molecule has 1 aromatic carbocycles. The Hall–Kier alpha value is -2.92. The van der Waals surface area contributed by atoms with Gasteiger partial charge in [-0.2, -0.15) is 5.10 Å². The third-order valence-electron chi connectivity index (χ3n) is 6.05. The second-order valence-electron chi connectivity index (χ2n) is 7.81. The van der Waals surface area contributed by atoms with Gasteiger partial charge in [0.05, 0.1) is 11.2 Å². The number of hydrogen-bond acceptors (Lipinski definition) is 3. The average Bonchev–Trinajstić information content (AvgIpc) is 3.32. The molecule has 0 bridgehead atoms. The molecule has 0 amide bonds. The molecule has 1 aliphatic heterocycles. The Balaban J connectivity index is 1.68. The van der Waals surface area contributed by atoms with Gasteiger partial charge in [0.15, 0.2) is 0 Å². The van der Waals surface area contributed by atoms with Crippen LogP contribution in [0.2, 0.25) is 0 Å². The standard InChI is InChI=1S/C23H25N5/c1-26-13-8-17(9-14-26)21-16-28(19-5-10-24-11-6-19)23-4-3-18(15-20(21)23)22-7-12-25-27(22)2/h3-7,10-12,15-17H,8-9,13-14H2,1-2H3. The van der Waals surface area contributed by atoms with Crippen LogP contribution in [0.15, 0.2) is 61.2 Å². The van der Waals surface area contributed by atoms with Gasteiger partial charge in [-0.05, 0) is 74.8 Å². The first kappa shape index (κ1) is 17.2. The molecule has 4 heterocycles. The minimum atomic E-state index is 0.601. The highest BCUT2D eigenvalue weighted by atomic mass is 15.3. The van der Waals surface area contributed by atoms with Crippen molar-refractivity contribution in [2.45, 2.75) is 18.8 Å². The number of nitrogens with zero attached hydrogens (tertiary/aromatic N) is 5. The van der Waals surface area contributed by atoms with Crippen molar-refractivity contribution < 1.29 is 0 Å². The maximum atomic E-state index is 4.35. The summed E-state index contributed by atoms with van der Waals surface area (Å²) in [6.07, 6.45) is 10.4. The van der Waals surface area contributed by atoms with E-state index in [2.05, 4.69) is 69.2 Å². The van der Waals surface area contributed by atoms with Gasteiger partial charge in [0.1, 0.15) is 0 Å². The van der Waals surface area contributed by atoms with E-state index in [4.69, 9.17) is 0 Å². The quantitative estimate of drug-likeness (QED) is 0.541. The smallest absolute Gasteiger partial charge is 0.0679 e. The normalized spacial score (nSPS) is 16.1. The largest absolute Gasteiger partial charge is 0.316 e. The lowest BCUT2D eigenvalue weighted by atomic mass is 9.89. The van der Waals surface area contributed by atoms with E-state index in [0.29, 0.717) is 5.92 Å². The summed E-state index contributed by atoms with van der Waals surface area (Å²) in [5, 5.41) is 5.70. The average molecular weight is 371 g/mol. The molecule has 0 aliphatic carbocycles. The SMILES string of the molecule is CN1CCC(c2cn(-c3ccncc3)c3ccc(-c4ccnn4C)cc23)CC1.